The minimum absolute atomic E-state index is 0.0184. The first kappa shape index (κ1) is 14.0. The Morgan fingerprint density at radius 1 is 1.45 bits per heavy atom. The molecule has 0 saturated carbocycles. The van der Waals surface area contributed by atoms with Crippen LogP contribution in [0, 0.1) is 24.0 Å². The van der Waals surface area contributed by atoms with Crippen LogP contribution >= 0.6 is 0 Å². The highest BCUT2D eigenvalue weighted by Gasteiger charge is 2.16. The van der Waals surface area contributed by atoms with E-state index in [1.807, 2.05) is 26.8 Å². The molecular formula is C14H18N4O2. The summed E-state index contributed by atoms with van der Waals surface area (Å²) in [5, 5.41) is 21.3. The number of rotatable bonds is 5. The van der Waals surface area contributed by atoms with Gasteiger partial charge in [0, 0.05) is 12.1 Å². The molecule has 2 aromatic rings. The van der Waals surface area contributed by atoms with Crippen LogP contribution < -0.4 is 5.32 Å². The molecule has 1 heterocycles. The van der Waals surface area contributed by atoms with Crippen molar-refractivity contribution in [3.05, 3.63) is 51.3 Å². The molecule has 1 aromatic carbocycles. The molecule has 106 valence electrons. The lowest BCUT2D eigenvalue weighted by molar-refractivity contribution is -0.384. The zero-order valence-corrected chi connectivity index (χ0v) is 11.8. The lowest BCUT2D eigenvalue weighted by Gasteiger charge is -2.18. The Bertz CT molecular complexity index is 602. The predicted molar refractivity (Wildman–Crippen MR) is 77.8 cm³/mol. The van der Waals surface area contributed by atoms with Gasteiger partial charge in [-0.2, -0.15) is 5.10 Å². The van der Waals surface area contributed by atoms with Gasteiger partial charge in [-0.3, -0.25) is 15.2 Å². The predicted octanol–water partition coefficient (Wildman–Crippen LogP) is 3.50. The third-order valence-corrected chi connectivity index (χ3v) is 3.34. The lowest BCUT2D eigenvalue weighted by atomic mass is 10.0. The van der Waals surface area contributed by atoms with E-state index in [0.29, 0.717) is 0 Å². The molecule has 0 aliphatic rings. The van der Waals surface area contributed by atoms with E-state index in [1.54, 1.807) is 12.1 Å². The van der Waals surface area contributed by atoms with Gasteiger partial charge in [-0.05, 0) is 25.8 Å². The van der Waals surface area contributed by atoms with Gasteiger partial charge >= 0.3 is 0 Å². The van der Waals surface area contributed by atoms with Gasteiger partial charge in [0.2, 0.25) is 0 Å². The number of benzene rings is 1. The Hall–Kier alpha value is -2.37. The van der Waals surface area contributed by atoms with Crippen molar-refractivity contribution in [2.24, 2.45) is 0 Å². The van der Waals surface area contributed by atoms with Gasteiger partial charge in [-0.1, -0.05) is 19.1 Å². The zero-order chi connectivity index (χ0) is 14.7. The van der Waals surface area contributed by atoms with Gasteiger partial charge in [-0.25, -0.2) is 0 Å². The minimum atomic E-state index is -0.370. The van der Waals surface area contributed by atoms with Gasteiger partial charge in [-0.15, -0.1) is 0 Å². The molecule has 0 saturated heterocycles. The number of aromatic amines is 1. The van der Waals surface area contributed by atoms with Crippen LogP contribution in [0.15, 0.2) is 24.3 Å². The van der Waals surface area contributed by atoms with Crippen LogP contribution in [0.1, 0.15) is 36.3 Å². The SMILES string of the molecule is CCC(Nc1c(C)n[nH]c1C)c1cccc([N+](=O)[O-])c1. The summed E-state index contributed by atoms with van der Waals surface area (Å²) in [6.45, 7) is 5.91. The first-order chi connectivity index (χ1) is 9.52. The van der Waals surface area contributed by atoms with Gasteiger partial charge in [0.05, 0.1) is 28.0 Å². The fourth-order valence-corrected chi connectivity index (χ4v) is 2.21. The molecule has 20 heavy (non-hydrogen) atoms. The van der Waals surface area contributed by atoms with Crippen LogP contribution in [-0.4, -0.2) is 15.1 Å². The van der Waals surface area contributed by atoms with Crippen molar-refractivity contribution in [1.82, 2.24) is 10.2 Å². The Kier molecular flexibility index (Phi) is 4.02. The van der Waals surface area contributed by atoms with Crippen molar-refractivity contribution in [3.8, 4) is 0 Å². The molecule has 1 unspecified atom stereocenters. The molecule has 0 amide bonds. The molecule has 0 aliphatic carbocycles. The summed E-state index contributed by atoms with van der Waals surface area (Å²) in [6.07, 6.45) is 0.825. The lowest BCUT2D eigenvalue weighted by Crippen LogP contribution is -2.11. The van der Waals surface area contributed by atoms with Crippen LogP contribution in [0.5, 0.6) is 0 Å². The minimum Gasteiger partial charge on any atom is -0.375 e. The molecular weight excluding hydrogens is 256 g/mol. The van der Waals surface area contributed by atoms with Crippen LogP contribution in [0.25, 0.3) is 0 Å². The normalized spacial score (nSPS) is 12.2. The number of anilines is 1. The van der Waals surface area contributed by atoms with Crippen molar-refractivity contribution in [1.29, 1.82) is 0 Å². The van der Waals surface area contributed by atoms with E-state index in [2.05, 4.69) is 15.5 Å². The highest BCUT2D eigenvalue weighted by molar-refractivity contribution is 5.53. The molecule has 0 bridgehead atoms. The Morgan fingerprint density at radius 3 is 2.75 bits per heavy atom. The first-order valence-corrected chi connectivity index (χ1v) is 6.55. The van der Waals surface area contributed by atoms with E-state index < -0.39 is 0 Å². The fourth-order valence-electron chi connectivity index (χ4n) is 2.21. The first-order valence-electron chi connectivity index (χ1n) is 6.55. The highest BCUT2D eigenvalue weighted by atomic mass is 16.6. The number of aryl methyl sites for hydroxylation is 2. The molecule has 2 rings (SSSR count). The molecule has 0 radical (unpaired) electrons. The Balaban J connectivity index is 2.29. The average molecular weight is 274 g/mol. The number of nitrogens with zero attached hydrogens (tertiary/aromatic N) is 2. The quantitative estimate of drug-likeness (QED) is 0.645. The van der Waals surface area contributed by atoms with Gasteiger partial charge in [0.15, 0.2) is 0 Å². The topological polar surface area (TPSA) is 83.8 Å². The summed E-state index contributed by atoms with van der Waals surface area (Å²) in [6, 6.07) is 6.76. The zero-order valence-electron chi connectivity index (χ0n) is 11.8. The molecule has 6 nitrogen and oxygen atoms in total. The maximum absolute atomic E-state index is 10.9. The van der Waals surface area contributed by atoms with Gasteiger partial charge in [0.1, 0.15) is 0 Å². The van der Waals surface area contributed by atoms with E-state index in [-0.39, 0.29) is 16.7 Å². The molecule has 1 atom stereocenters. The number of nitro groups is 1. The van der Waals surface area contributed by atoms with Crippen molar-refractivity contribution in [2.45, 2.75) is 33.2 Å². The number of non-ortho nitro benzene ring substituents is 1. The van der Waals surface area contributed by atoms with Crippen LogP contribution in [-0.2, 0) is 0 Å². The number of hydrogen-bond donors (Lipinski definition) is 2. The number of hydrogen-bond acceptors (Lipinski definition) is 4. The highest BCUT2D eigenvalue weighted by Crippen LogP contribution is 2.27. The number of nitro benzene ring substituents is 1. The largest absolute Gasteiger partial charge is 0.375 e. The van der Waals surface area contributed by atoms with E-state index in [1.165, 1.54) is 6.07 Å². The smallest absolute Gasteiger partial charge is 0.269 e. The molecule has 6 heteroatoms. The second kappa shape index (κ2) is 5.73. The maximum Gasteiger partial charge on any atom is 0.269 e. The average Bonchev–Trinajstić information content (AvgIpc) is 2.76. The number of H-pyrrole nitrogens is 1. The van der Waals surface area contributed by atoms with Gasteiger partial charge < -0.3 is 5.32 Å². The van der Waals surface area contributed by atoms with Crippen LogP contribution in [0.4, 0.5) is 11.4 Å². The van der Waals surface area contributed by atoms with E-state index in [4.69, 9.17) is 0 Å². The summed E-state index contributed by atoms with van der Waals surface area (Å²) in [4.78, 5) is 10.5. The van der Waals surface area contributed by atoms with Crippen LogP contribution in [0.3, 0.4) is 0 Å². The third-order valence-electron chi connectivity index (χ3n) is 3.34. The van der Waals surface area contributed by atoms with Crippen molar-refractivity contribution in [3.63, 3.8) is 0 Å². The van der Waals surface area contributed by atoms with E-state index in [9.17, 15) is 10.1 Å². The standard InChI is InChI=1S/C14H18N4O2/c1-4-13(15-14-9(2)16-17-10(14)3)11-6-5-7-12(8-11)18(19)20/h5-8,13,15H,4H2,1-3H3,(H,16,17). The van der Waals surface area contributed by atoms with E-state index in [0.717, 1.165) is 29.1 Å². The molecule has 0 fully saturated rings. The number of aromatic nitrogens is 2. The van der Waals surface area contributed by atoms with Crippen LogP contribution in [0.2, 0.25) is 0 Å². The summed E-state index contributed by atoms with van der Waals surface area (Å²) in [5.41, 5.74) is 3.84. The van der Waals surface area contributed by atoms with Crippen molar-refractivity contribution < 1.29 is 4.92 Å². The maximum atomic E-state index is 10.9. The summed E-state index contributed by atoms with van der Waals surface area (Å²) in [7, 11) is 0. The summed E-state index contributed by atoms with van der Waals surface area (Å²) in [5.74, 6) is 0. The Morgan fingerprint density at radius 2 is 2.20 bits per heavy atom. The summed E-state index contributed by atoms with van der Waals surface area (Å²) < 4.78 is 0. The van der Waals surface area contributed by atoms with Crippen molar-refractivity contribution in [2.75, 3.05) is 5.32 Å². The fraction of sp³-hybridized carbons (Fsp3) is 0.357. The molecule has 1 aromatic heterocycles. The second-order valence-corrected chi connectivity index (χ2v) is 4.77. The van der Waals surface area contributed by atoms with Crippen molar-refractivity contribution >= 4 is 11.4 Å². The summed E-state index contributed by atoms with van der Waals surface area (Å²) >= 11 is 0. The Labute approximate surface area is 117 Å². The van der Waals surface area contributed by atoms with Gasteiger partial charge in [0.25, 0.3) is 5.69 Å². The third kappa shape index (κ3) is 2.79. The van der Waals surface area contributed by atoms with E-state index >= 15 is 0 Å². The molecule has 2 N–H and O–H groups in total. The second-order valence-electron chi connectivity index (χ2n) is 4.77. The molecule has 0 aliphatic heterocycles. The monoisotopic (exact) mass is 274 g/mol. The number of nitrogens with one attached hydrogen (secondary N) is 2. The molecule has 0 spiro atoms.